The van der Waals surface area contributed by atoms with Crippen LogP contribution >= 0.6 is 0 Å². The lowest BCUT2D eigenvalue weighted by atomic mass is 10.2. The fraction of sp³-hybridized carbons (Fsp3) is 0.188. The second-order valence-electron chi connectivity index (χ2n) is 4.76. The van der Waals surface area contributed by atoms with Crippen LogP contribution < -0.4 is 4.90 Å². The Morgan fingerprint density at radius 3 is 2.81 bits per heavy atom. The first-order chi connectivity index (χ1) is 10.1. The van der Waals surface area contributed by atoms with Crippen molar-refractivity contribution in [2.45, 2.75) is 13.5 Å². The third kappa shape index (κ3) is 4.14. The number of carboxylic acids is 1. The van der Waals surface area contributed by atoms with Crippen molar-refractivity contribution in [1.82, 2.24) is 9.97 Å². The highest BCUT2D eigenvalue weighted by Crippen LogP contribution is 2.18. The van der Waals surface area contributed by atoms with Crippen LogP contribution in [0.25, 0.3) is 6.08 Å². The molecule has 21 heavy (non-hydrogen) atoms. The van der Waals surface area contributed by atoms with Gasteiger partial charge in [0.05, 0.1) is 12.2 Å². The lowest BCUT2D eigenvalue weighted by Gasteiger charge is -2.19. The summed E-state index contributed by atoms with van der Waals surface area (Å²) < 4.78 is 0. The summed E-state index contributed by atoms with van der Waals surface area (Å²) >= 11 is 0. The smallest absolute Gasteiger partial charge is 0.328 e. The second-order valence-corrected chi connectivity index (χ2v) is 4.76. The van der Waals surface area contributed by atoms with E-state index in [1.807, 2.05) is 43.1 Å². The highest BCUT2D eigenvalue weighted by molar-refractivity contribution is 5.85. The van der Waals surface area contributed by atoms with Crippen molar-refractivity contribution in [2.75, 3.05) is 11.9 Å². The van der Waals surface area contributed by atoms with Crippen LogP contribution in [0.2, 0.25) is 0 Å². The molecule has 0 fully saturated rings. The molecule has 0 aliphatic carbocycles. The molecular formula is C16H17N3O2. The Morgan fingerprint density at radius 2 is 2.19 bits per heavy atom. The molecule has 0 saturated heterocycles. The predicted molar refractivity (Wildman–Crippen MR) is 82.0 cm³/mol. The van der Waals surface area contributed by atoms with Crippen molar-refractivity contribution >= 4 is 17.9 Å². The highest BCUT2D eigenvalue weighted by Gasteiger charge is 2.08. The van der Waals surface area contributed by atoms with E-state index >= 15 is 0 Å². The Hall–Kier alpha value is -2.69. The number of carboxylic acid groups (broad SMARTS) is 1. The quantitative estimate of drug-likeness (QED) is 0.854. The normalized spacial score (nSPS) is 10.8. The molecule has 108 valence electrons. The molecule has 0 aliphatic heterocycles. The van der Waals surface area contributed by atoms with Gasteiger partial charge < -0.3 is 10.0 Å². The number of aliphatic carboxylic acids is 1. The van der Waals surface area contributed by atoms with Crippen LogP contribution in [-0.4, -0.2) is 28.1 Å². The highest BCUT2D eigenvalue weighted by atomic mass is 16.4. The van der Waals surface area contributed by atoms with E-state index in [-0.39, 0.29) is 0 Å². The molecule has 0 aliphatic rings. The van der Waals surface area contributed by atoms with E-state index in [0.29, 0.717) is 6.54 Å². The number of nitrogens with zero attached hydrogens (tertiary/aromatic N) is 3. The molecule has 0 bridgehead atoms. The van der Waals surface area contributed by atoms with Crippen molar-refractivity contribution in [3.63, 3.8) is 0 Å². The zero-order valence-electron chi connectivity index (χ0n) is 12.0. The topological polar surface area (TPSA) is 66.3 Å². The summed E-state index contributed by atoms with van der Waals surface area (Å²) in [5.74, 6) is -0.114. The number of hydrogen-bond donors (Lipinski definition) is 1. The Bertz CT molecular complexity index is 654. The minimum atomic E-state index is -0.969. The standard InChI is InChI=1S/C16H17N3O2/c1-12-9-13(6-7-15(20)21)10-18-16(12)19(2)11-14-5-3-4-8-17-14/h3-10H,11H2,1-2H3,(H,20,21)/b7-6+. The van der Waals surface area contributed by atoms with Gasteiger partial charge in [0.25, 0.3) is 0 Å². The molecule has 0 spiro atoms. The van der Waals surface area contributed by atoms with E-state index in [4.69, 9.17) is 5.11 Å². The summed E-state index contributed by atoms with van der Waals surface area (Å²) in [6.07, 6.45) is 6.07. The minimum absolute atomic E-state index is 0.666. The number of aromatic nitrogens is 2. The zero-order chi connectivity index (χ0) is 15.2. The van der Waals surface area contributed by atoms with E-state index < -0.39 is 5.97 Å². The number of rotatable bonds is 5. The van der Waals surface area contributed by atoms with E-state index in [0.717, 1.165) is 28.7 Å². The average Bonchev–Trinajstić information content (AvgIpc) is 2.46. The molecular weight excluding hydrogens is 266 g/mol. The van der Waals surface area contributed by atoms with E-state index in [2.05, 4.69) is 9.97 Å². The molecule has 0 saturated carbocycles. The summed E-state index contributed by atoms with van der Waals surface area (Å²) in [6.45, 7) is 2.62. The summed E-state index contributed by atoms with van der Waals surface area (Å²) in [5, 5.41) is 8.63. The Morgan fingerprint density at radius 1 is 1.38 bits per heavy atom. The van der Waals surface area contributed by atoms with Crippen LogP contribution in [0.15, 0.2) is 42.7 Å². The number of hydrogen-bond acceptors (Lipinski definition) is 4. The lowest BCUT2D eigenvalue weighted by Crippen LogP contribution is -2.19. The molecule has 2 heterocycles. The number of aryl methyl sites for hydroxylation is 1. The third-order valence-corrected chi connectivity index (χ3v) is 2.98. The Kier molecular flexibility index (Phi) is 4.66. The SMILES string of the molecule is Cc1cc(/C=C/C(=O)O)cnc1N(C)Cc1ccccn1. The maximum Gasteiger partial charge on any atom is 0.328 e. The molecule has 1 N–H and O–H groups in total. The van der Waals surface area contributed by atoms with Gasteiger partial charge in [-0.1, -0.05) is 6.07 Å². The monoisotopic (exact) mass is 283 g/mol. The molecule has 0 aromatic carbocycles. The van der Waals surface area contributed by atoms with Crippen molar-refractivity contribution in [3.8, 4) is 0 Å². The second kappa shape index (κ2) is 6.65. The third-order valence-electron chi connectivity index (χ3n) is 2.98. The summed E-state index contributed by atoms with van der Waals surface area (Å²) in [4.78, 5) is 21.2. The first kappa shape index (κ1) is 14.7. The van der Waals surface area contributed by atoms with Crippen LogP contribution in [-0.2, 0) is 11.3 Å². The largest absolute Gasteiger partial charge is 0.478 e. The van der Waals surface area contributed by atoms with Gasteiger partial charge >= 0.3 is 5.97 Å². The molecule has 0 atom stereocenters. The van der Waals surface area contributed by atoms with E-state index in [9.17, 15) is 4.79 Å². The predicted octanol–water partition coefficient (Wildman–Crippen LogP) is 2.52. The van der Waals surface area contributed by atoms with Crippen molar-refractivity contribution in [1.29, 1.82) is 0 Å². The van der Waals surface area contributed by atoms with Crippen LogP contribution in [0.1, 0.15) is 16.8 Å². The first-order valence-electron chi connectivity index (χ1n) is 6.55. The van der Waals surface area contributed by atoms with Crippen LogP contribution in [0.5, 0.6) is 0 Å². The Balaban J connectivity index is 2.15. The number of anilines is 1. The van der Waals surface area contributed by atoms with Gasteiger partial charge in [0.1, 0.15) is 5.82 Å². The van der Waals surface area contributed by atoms with Gasteiger partial charge in [0.2, 0.25) is 0 Å². The van der Waals surface area contributed by atoms with E-state index in [1.165, 1.54) is 6.08 Å². The molecule has 0 amide bonds. The fourth-order valence-electron chi connectivity index (χ4n) is 2.06. The number of pyridine rings is 2. The van der Waals surface area contributed by atoms with Crippen molar-refractivity contribution in [3.05, 3.63) is 59.6 Å². The fourth-order valence-corrected chi connectivity index (χ4v) is 2.06. The molecule has 0 radical (unpaired) electrons. The van der Waals surface area contributed by atoms with Gasteiger partial charge in [0, 0.05) is 25.5 Å². The Labute approximate surface area is 123 Å². The summed E-state index contributed by atoms with van der Waals surface area (Å²) in [5.41, 5.74) is 2.72. The lowest BCUT2D eigenvalue weighted by molar-refractivity contribution is -0.131. The molecule has 0 unspecified atom stereocenters. The van der Waals surface area contributed by atoms with Gasteiger partial charge in [-0.05, 0) is 42.3 Å². The van der Waals surface area contributed by atoms with Crippen molar-refractivity contribution in [2.24, 2.45) is 0 Å². The molecule has 5 heteroatoms. The van der Waals surface area contributed by atoms with Crippen LogP contribution in [0.3, 0.4) is 0 Å². The van der Waals surface area contributed by atoms with Gasteiger partial charge in [-0.25, -0.2) is 9.78 Å². The maximum absolute atomic E-state index is 10.5. The van der Waals surface area contributed by atoms with Gasteiger partial charge in [-0.15, -0.1) is 0 Å². The van der Waals surface area contributed by atoms with Crippen molar-refractivity contribution < 1.29 is 9.90 Å². The molecule has 2 rings (SSSR count). The minimum Gasteiger partial charge on any atom is -0.478 e. The number of carbonyl (C=O) groups is 1. The average molecular weight is 283 g/mol. The van der Waals surface area contributed by atoms with E-state index in [1.54, 1.807) is 12.4 Å². The first-order valence-corrected chi connectivity index (χ1v) is 6.55. The van der Waals surface area contributed by atoms with Gasteiger partial charge in [-0.2, -0.15) is 0 Å². The molecule has 2 aromatic heterocycles. The van der Waals surface area contributed by atoms with Gasteiger partial charge in [-0.3, -0.25) is 4.98 Å². The maximum atomic E-state index is 10.5. The zero-order valence-corrected chi connectivity index (χ0v) is 12.0. The van der Waals surface area contributed by atoms with Crippen LogP contribution in [0, 0.1) is 6.92 Å². The van der Waals surface area contributed by atoms with Gasteiger partial charge in [0.15, 0.2) is 0 Å². The summed E-state index contributed by atoms with van der Waals surface area (Å²) in [7, 11) is 1.96. The molecule has 5 nitrogen and oxygen atoms in total. The molecule has 2 aromatic rings. The summed E-state index contributed by atoms with van der Waals surface area (Å²) in [6, 6.07) is 7.72. The van der Waals surface area contributed by atoms with Crippen LogP contribution in [0.4, 0.5) is 5.82 Å².